The second-order valence-corrected chi connectivity index (χ2v) is 7.80. The van der Waals surface area contributed by atoms with E-state index in [9.17, 15) is 19.5 Å². The summed E-state index contributed by atoms with van der Waals surface area (Å²) in [6, 6.07) is 11.2. The lowest BCUT2D eigenvalue weighted by atomic mass is 9.86. The zero-order valence-electron chi connectivity index (χ0n) is 15.7. The van der Waals surface area contributed by atoms with Crippen LogP contribution < -0.4 is 10.1 Å². The Hall–Kier alpha value is -3.35. The van der Waals surface area contributed by atoms with Crippen molar-refractivity contribution >= 4 is 17.8 Å². The number of ether oxygens (including phenoxy) is 1. The Bertz CT molecular complexity index is 1050. The van der Waals surface area contributed by atoms with Gasteiger partial charge in [0.15, 0.2) is 5.78 Å². The second kappa shape index (κ2) is 6.62. The van der Waals surface area contributed by atoms with Crippen LogP contribution in [0.1, 0.15) is 38.6 Å². The molecule has 3 aliphatic heterocycles. The predicted molar refractivity (Wildman–Crippen MR) is 104 cm³/mol. The maximum absolute atomic E-state index is 12.7. The first-order valence-corrected chi connectivity index (χ1v) is 9.71. The summed E-state index contributed by atoms with van der Waals surface area (Å²) in [7, 11) is 0. The molecule has 2 aromatic rings. The Balaban J connectivity index is 1.54. The largest absolute Gasteiger partial charge is 0.492 e. The van der Waals surface area contributed by atoms with E-state index < -0.39 is 6.09 Å². The van der Waals surface area contributed by atoms with Gasteiger partial charge >= 0.3 is 6.09 Å². The maximum Gasteiger partial charge on any atom is 0.407 e. The van der Waals surface area contributed by atoms with E-state index in [4.69, 9.17) is 4.74 Å². The summed E-state index contributed by atoms with van der Waals surface area (Å²) in [5.74, 6) is 0.576. The number of ketones is 1. The molecule has 0 aromatic heterocycles. The molecule has 0 spiro atoms. The second-order valence-electron chi connectivity index (χ2n) is 7.80. The van der Waals surface area contributed by atoms with E-state index in [1.54, 1.807) is 6.07 Å². The lowest BCUT2D eigenvalue weighted by Crippen LogP contribution is -2.31. The molecule has 7 heteroatoms. The van der Waals surface area contributed by atoms with Crippen molar-refractivity contribution in [3.8, 4) is 16.9 Å². The van der Waals surface area contributed by atoms with Crippen molar-refractivity contribution in [3.63, 3.8) is 0 Å². The first kappa shape index (κ1) is 17.7. The van der Waals surface area contributed by atoms with Crippen LogP contribution in [-0.4, -0.2) is 54.0 Å². The summed E-state index contributed by atoms with van der Waals surface area (Å²) in [6.45, 7) is 1.68. The molecule has 2 unspecified atom stereocenters. The van der Waals surface area contributed by atoms with Gasteiger partial charge in [0, 0.05) is 43.5 Å². The molecule has 0 bridgehead atoms. The minimum atomic E-state index is -0.927. The minimum Gasteiger partial charge on any atom is -0.492 e. The molecular formula is C22H20N2O5. The lowest BCUT2D eigenvalue weighted by Gasteiger charge is -2.18. The monoisotopic (exact) mass is 392 g/mol. The van der Waals surface area contributed by atoms with E-state index in [-0.39, 0.29) is 23.5 Å². The number of carbonyl (C=O) groups excluding carboxylic acids is 2. The van der Waals surface area contributed by atoms with Crippen molar-refractivity contribution in [2.75, 3.05) is 26.2 Å². The van der Waals surface area contributed by atoms with Crippen LogP contribution in [0.3, 0.4) is 0 Å². The number of rotatable bonds is 1. The van der Waals surface area contributed by atoms with E-state index in [1.807, 2.05) is 30.3 Å². The predicted octanol–water partition coefficient (Wildman–Crippen LogP) is 2.76. The Morgan fingerprint density at radius 1 is 1.07 bits per heavy atom. The number of nitrogens with zero attached hydrogens (tertiary/aromatic N) is 1. The fourth-order valence-electron chi connectivity index (χ4n) is 4.60. The van der Waals surface area contributed by atoms with Gasteiger partial charge in [-0.15, -0.1) is 0 Å². The van der Waals surface area contributed by atoms with Gasteiger partial charge < -0.3 is 20.1 Å². The van der Waals surface area contributed by atoms with Crippen molar-refractivity contribution in [1.82, 2.24) is 10.2 Å². The van der Waals surface area contributed by atoms with Crippen molar-refractivity contribution in [3.05, 3.63) is 53.1 Å². The summed E-state index contributed by atoms with van der Waals surface area (Å²) in [5, 5.41) is 12.3. The van der Waals surface area contributed by atoms with Gasteiger partial charge in [-0.25, -0.2) is 4.79 Å². The normalized spacial score (nSPS) is 22.7. The van der Waals surface area contributed by atoms with Crippen LogP contribution in [0.2, 0.25) is 0 Å². The molecule has 2 amide bonds. The zero-order chi connectivity index (χ0) is 20.1. The standard InChI is InChI=1S/C22H20N2O5/c25-19-5-6-29-20-4-2-13(8-17(19)20)12-1-3-15-16(7-12)21(26)23-9-14-10-24(22(27)28)11-18(14)15/h1-4,7-8,14,18H,5-6,9-11H2,(H,23,26)(H,27,28). The number of amides is 2. The van der Waals surface area contributed by atoms with Crippen LogP contribution >= 0.6 is 0 Å². The number of Topliss-reactive ketones (excluding diaryl/α,β-unsaturated/α-hetero) is 1. The van der Waals surface area contributed by atoms with Crippen LogP contribution in [-0.2, 0) is 0 Å². The number of carbonyl (C=O) groups is 3. The number of fused-ring (bicyclic) bond motifs is 4. The highest BCUT2D eigenvalue weighted by Crippen LogP contribution is 2.38. The van der Waals surface area contributed by atoms with Gasteiger partial charge in [-0.05, 0) is 34.9 Å². The van der Waals surface area contributed by atoms with Gasteiger partial charge in [-0.1, -0.05) is 18.2 Å². The number of carboxylic acid groups (broad SMARTS) is 1. The number of hydrogen-bond donors (Lipinski definition) is 2. The van der Waals surface area contributed by atoms with E-state index in [2.05, 4.69) is 5.32 Å². The van der Waals surface area contributed by atoms with Crippen molar-refractivity contribution in [2.45, 2.75) is 12.3 Å². The molecule has 0 aliphatic carbocycles. The van der Waals surface area contributed by atoms with Crippen molar-refractivity contribution in [2.24, 2.45) is 5.92 Å². The average Bonchev–Trinajstić information content (AvgIpc) is 3.11. The smallest absolute Gasteiger partial charge is 0.407 e. The lowest BCUT2D eigenvalue weighted by molar-refractivity contribution is 0.0929. The van der Waals surface area contributed by atoms with Crippen molar-refractivity contribution in [1.29, 1.82) is 0 Å². The maximum atomic E-state index is 12.7. The average molecular weight is 392 g/mol. The first-order valence-electron chi connectivity index (χ1n) is 9.71. The van der Waals surface area contributed by atoms with Gasteiger partial charge in [-0.2, -0.15) is 0 Å². The molecule has 0 radical (unpaired) electrons. The third-order valence-corrected chi connectivity index (χ3v) is 6.13. The Morgan fingerprint density at radius 3 is 2.62 bits per heavy atom. The third kappa shape index (κ3) is 2.93. The van der Waals surface area contributed by atoms with Crippen LogP contribution in [0.25, 0.3) is 11.1 Å². The molecule has 7 nitrogen and oxygen atoms in total. The third-order valence-electron chi connectivity index (χ3n) is 6.13. The molecule has 29 heavy (non-hydrogen) atoms. The summed E-state index contributed by atoms with van der Waals surface area (Å²) in [5.41, 5.74) is 3.71. The van der Waals surface area contributed by atoms with Gasteiger partial charge in [0.1, 0.15) is 5.75 Å². The highest BCUT2D eigenvalue weighted by Gasteiger charge is 2.40. The van der Waals surface area contributed by atoms with Crippen LogP contribution in [0.15, 0.2) is 36.4 Å². The Labute approximate surface area is 167 Å². The molecule has 1 fully saturated rings. The van der Waals surface area contributed by atoms with Crippen LogP contribution in [0, 0.1) is 5.92 Å². The number of likely N-dealkylation sites (tertiary alicyclic amines) is 1. The van der Waals surface area contributed by atoms with Crippen molar-refractivity contribution < 1.29 is 24.2 Å². The van der Waals surface area contributed by atoms with Gasteiger partial charge in [0.25, 0.3) is 5.91 Å². The van der Waals surface area contributed by atoms with Gasteiger partial charge in [-0.3, -0.25) is 9.59 Å². The fourth-order valence-corrected chi connectivity index (χ4v) is 4.60. The zero-order valence-corrected chi connectivity index (χ0v) is 15.7. The fraction of sp³-hybridized carbons (Fsp3) is 0.318. The summed E-state index contributed by atoms with van der Waals surface area (Å²) < 4.78 is 5.55. The quantitative estimate of drug-likeness (QED) is 0.778. The first-order chi connectivity index (χ1) is 14.0. The molecule has 148 valence electrons. The molecule has 3 aliphatic rings. The summed E-state index contributed by atoms with van der Waals surface area (Å²) in [6.07, 6.45) is -0.560. The molecule has 3 heterocycles. The van der Waals surface area contributed by atoms with E-state index in [0.29, 0.717) is 49.5 Å². The topological polar surface area (TPSA) is 95.9 Å². The minimum absolute atomic E-state index is 0.00684. The number of hydrogen-bond acceptors (Lipinski definition) is 4. The van der Waals surface area contributed by atoms with Gasteiger partial charge in [0.05, 0.1) is 12.2 Å². The number of benzene rings is 2. The molecule has 2 atom stereocenters. The highest BCUT2D eigenvalue weighted by molar-refractivity contribution is 6.01. The van der Waals surface area contributed by atoms with E-state index in [1.165, 1.54) is 4.90 Å². The molecule has 0 saturated carbocycles. The summed E-state index contributed by atoms with van der Waals surface area (Å²) >= 11 is 0. The van der Waals surface area contributed by atoms with Gasteiger partial charge in [0.2, 0.25) is 0 Å². The van der Waals surface area contributed by atoms with E-state index >= 15 is 0 Å². The molecule has 2 aromatic carbocycles. The number of nitrogens with one attached hydrogen (secondary N) is 1. The molecule has 5 rings (SSSR count). The molecular weight excluding hydrogens is 372 g/mol. The van der Waals surface area contributed by atoms with Crippen LogP contribution in [0.5, 0.6) is 5.75 Å². The molecule has 1 saturated heterocycles. The highest BCUT2D eigenvalue weighted by atomic mass is 16.5. The van der Waals surface area contributed by atoms with Crippen LogP contribution in [0.4, 0.5) is 4.79 Å². The SMILES string of the molecule is O=C1CCOc2ccc(-c3ccc4c(c3)C(=O)NCC3CN(C(=O)O)CC43)cc21. The Kier molecular flexibility index (Phi) is 4.04. The summed E-state index contributed by atoms with van der Waals surface area (Å²) in [4.78, 5) is 37.7. The van der Waals surface area contributed by atoms with E-state index in [0.717, 1.165) is 16.7 Å². The molecule has 2 N–H and O–H groups in total. The Morgan fingerprint density at radius 2 is 1.83 bits per heavy atom.